The molecule has 3 aromatic heterocycles. The third-order valence-electron chi connectivity index (χ3n) is 29.2. The van der Waals surface area contributed by atoms with E-state index in [1.807, 2.05) is 53.7 Å². The summed E-state index contributed by atoms with van der Waals surface area (Å²) < 4.78 is 44.7. The molecule has 139 heavy (non-hydrogen) atoms. The monoisotopic (exact) mass is 1940 g/mol. The van der Waals surface area contributed by atoms with Gasteiger partial charge in [-0.25, -0.2) is 0 Å². The minimum Gasteiger partial charge on any atom is -0.493 e. The Labute approximate surface area is 830 Å². The average molecular weight is 1940 g/mol. The van der Waals surface area contributed by atoms with E-state index < -0.39 is 0 Å². The number of rotatable bonds is 41. The number of aliphatic imine (C=N–C) groups is 4. The molecular formula is C109H162ClN17O12. The quantitative estimate of drug-likeness (QED) is 0.0130. The maximum atomic E-state index is 13.8. The van der Waals surface area contributed by atoms with Crippen molar-refractivity contribution in [3.63, 3.8) is 0 Å². The van der Waals surface area contributed by atoms with Gasteiger partial charge in [0, 0.05) is 126 Å². The number of halogens is 1. The van der Waals surface area contributed by atoms with Crippen LogP contribution in [0.5, 0.6) is 28.7 Å². The van der Waals surface area contributed by atoms with E-state index in [9.17, 15) is 19.2 Å². The molecule has 1 aliphatic heterocycles. The van der Waals surface area contributed by atoms with Gasteiger partial charge in [-0.05, 0) is 321 Å². The molecule has 29 nitrogen and oxygen atoms in total. The second-order valence-electron chi connectivity index (χ2n) is 40.8. The predicted molar refractivity (Wildman–Crippen MR) is 555 cm³/mol. The zero-order chi connectivity index (χ0) is 99.5. The lowest BCUT2D eigenvalue weighted by molar-refractivity contribution is -0.136. The van der Waals surface area contributed by atoms with Crippen LogP contribution in [0.1, 0.15) is 300 Å². The predicted octanol–water partition coefficient (Wildman–Crippen LogP) is 18.9. The topological polar surface area (TPSA) is 428 Å². The molecule has 0 saturated heterocycles. The van der Waals surface area contributed by atoms with E-state index in [1.54, 1.807) is 48.7 Å². The number of guanidine groups is 4. The molecule has 0 bridgehead atoms. The second kappa shape index (κ2) is 54.0. The van der Waals surface area contributed by atoms with Crippen LogP contribution in [0.25, 0.3) is 0 Å². The van der Waals surface area contributed by atoms with Crippen molar-refractivity contribution < 1.29 is 56.1 Å². The molecular weight excluding hydrogens is 1770 g/mol. The summed E-state index contributed by atoms with van der Waals surface area (Å²) >= 11 is 6.47. The van der Waals surface area contributed by atoms with Gasteiger partial charge in [0.05, 0.1) is 38.6 Å². The molecule has 7 aliphatic rings. The number of fused-ring (bicyclic) bond motifs is 2. The number of carbonyl (C=O) groups is 4. The lowest BCUT2D eigenvalue weighted by Crippen LogP contribution is -2.40. The van der Waals surface area contributed by atoms with E-state index in [1.165, 1.54) is 91.8 Å². The van der Waals surface area contributed by atoms with Crippen LogP contribution in [-0.4, -0.2) is 159 Å². The first-order valence-corrected chi connectivity index (χ1v) is 51.9. The number of ether oxygens (including phenoxy) is 5. The van der Waals surface area contributed by atoms with Crippen LogP contribution in [0.4, 0.5) is 5.69 Å². The third kappa shape index (κ3) is 32.9. The number of nitrogens with two attached hydrogens (primary N) is 8. The molecule has 30 heteroatoms. The van der Waals surface area contributed by atoms with Crippen LogP contribution in [0.2, 0.25) is 5.02 Å². The van der Waals surface area contributed by atoms with Crippen LogP contribution in [-0.2, 0) is 41.8 Å². The van der Waals surface area contributed by atoms with E-state index >= 15 is 0 Å². The van der Waals surface area contributed by atoms with Crippen molar-refractivity contribution in [2.75, 3.05) is 97.0 Å². The zero-order valence-corrected chi connectivity index (χ0v) is 85.5. The van der Waals surface area contributed by atoms with Crippen molar-refractivity contribution in [1.82, 2.24) is 19.6 Å². The van der Waals surface area contributed by atoms with Crippen molar-refractivity contribution >= 4 is 64.8 Å². The highest BCUT2D eigenvalue weighted by Gasteiger charge is 2.40. The number of nitrogens with zero attached hydrogens (tertiary/aromatic N) is 9. The van der Waals surface area contributed by atoms with E-state index in [4.69, 9.17) is 94.4 Å². The molecule has 762 valence electrons. The molecule has 0 atom stereocenters. The summed E-state index contributed by atoms with van der Waals surface area (Å²) in [6.45, 7) is 33.6. The summed E-state index contributed by atoms with van der Waals surface area (Å²) in [4.78, 5) is 80.8. The summed E-state index contributed by atoms with van der Waals surface area (Å²) in [5, 5.41) is 0.544. The molecule has 5 fully saturated rings. The van der Waals surface area contributed by atoms with Gasteiger partial charge in [-0.2, -0.15) is 0 Å². The Morgan fingerprint density at radius 2 is 0.770 bits per heavy atom. The van der Waals surface area contributed by atoms with Crippen LogP contribution < -0.4 is 74.5 Å². The fraction of sp³-hybridized carbons (Fsp3) is 0.596. The summed E-state index contributed by atoms with van der Waals surface area (Å²) in [6.07, 6.45) is 33.5. The number of unbranched alkanes of at least 4 members (excludes halogenated alkanes) is 2. The first kappa shape index (κ1) is 108. The highest BCUT2D eigenvalue weighted by molar-refractivity contribution is 6.31. The Hall–Kier alpha value is -11.2. The second-order valence-corrected chi connectivity index (χ2v) is 41.2. The van der Waals surface area contributed by atoms with Gasteiger partial charge in [-0.15, -0.1) is 0 Å². The molecule has 0 unspecified atom stereocenters. The number of amides is 4. The fourth-order valence-electron chi connectivity index (χ4n) is 20.8. The molecule has 14 rings (SSSR count). The molecule has 5 saturated carbocycles. The summed E-state index contributed by atoms with van der Waals surface area (Å²) in [5.74, 6) is 9.03. The van der Waals surface area contributed by atoms with E-state index in [0.29, 0.717) is 176 Å². The highest BCUT2D eigenvalue weighted by atomic mass is 35.5. The number of carbonyl (C=O) groups excluding carboxylic acids is 4. The molecule has 0 radical (unpaired) electrons. The summed E-state index contributed by atoms with van der Waals surface area (Å²) in [6, 6.07) is 31.4. The third-order valence-corrected chi connectivity index (χ3v) is 29.5. The van der Waals surface area contributed by atoms with Crippen molar-refractivity contribution in [2.24, 2.45) is 119 Å². The first-order chi connectivity index (χ1) is 66.9. The molecule has 4 heterocycles. The van der Waals surface area contributed by atoms with E-state index in [-0.39, 0.29) is 65.1 Å². The number of hydrogen-bond acceptors (Lipinski definition) is 17. The minimum atomic E-state index is -0.152. The Balaban J connectivity index is 0.000000178. The number of aryl methyl sites for hydroxylation is 1. The van der Waals surface area contributed by atoms with Gasteiger partial charge in [0.25, 0.3) is 17.7 Å². The van der Waals surface area contributed by atoms with Gasteiger partial charge in [0.1, 0.15) is 5.75 Å². The Bertz CT molecular complexity index is 5040. The lowest BCUT2D eigenvalue weighted by Gasteiger charge is -2.42. The van der Waals surface area contributed by atoms with Crippen molar-refractivity contribution in [2.45, 2.75) is 273 Å². The van der Waals surface area contributed by atoms with Gasteiger partial charge in [-0.1, -0.05) is 103 Å². The fourth-order valence-corrected chi connectivity index (χ4v) is 21.0. The standard InChI is InChI=1S/C31H50N4O.C29H45N5O2.C27H40N4O5.C22H27ClN4O4/c1-21-16-26-27(31(4,5)15-14-30(26,2)3)17-25(21)20-35(28(36)24-8-6-7-9-24)19-23-12-10-22(11-13-23)18-34-29(32)33;1-3-5-17-33(18-6-4-2)26-15-13-25(14-16-26)22-34(28(35)27-8-7-19-36-27)21-24-11-9-23(10-12-24)20-32-29(30)31;1-4-33-23-15-25(35-6-3)24(34-5-2)14-21(23)18-31(26(32)22-8-7-13-36-22)17-20-11-9-19(10-12-20)16-30-27(28)29;23-17-9-20-19(30-13-31-20)8-16(17)12-27(21(28)18-2-1-7-29-18)11-15-5-3-14(4-6-15)10-26-22(24)25/h16-17,22-24H,6-15,18-20H2,1-5H3,(H4,32,33,34);7-8,13-16,19,23-24H,3-6,9-12,17-18,20-22H2,1-2H3,(H4,30,31,32);7-8,13-15,19-20H,4-6,9-12,16-18H2,1-3H3,(H4,28,29,30);1-2,7-9,14-15H,3-6,10-13H2,(H4,24,25,26). The van der Waals surface area contributed by atoms with Crippen LogP contribution in [0.15, 0.2) is 149 Å². The van der Waals surface area contributed by atoms with Gasteiger partial charge < -0.3 is 107 Å². The van der Waals surface area contributed by atoms with Gasteiger partial charge in [0.15, 0.2) is 64.1 Å². The normalized spacial score (nSPS) is 20.0. The number of anilines is 1. The van der Waals surface area contributed by atoms with Crippen LogP contribution >= 0.6 is 11.6 Å². The van der Waals surface area contributed by atoms with Crippen LogP contribution in [0, 0.1) is 60.2 Å². The Morgan fingerprint density at radius 3 is 1.16 bits per heavy atom. The van der Waals surface area contributed by atoms with Crippen LogP contribution in [0.3, 0.4) is 0 Å². The number of benzene rings is 4. The Morgan fingerprint density at radius 1 is 0.410 bits per heavy atom. The molecule has 4 aromatic carbocycles. The number of hydrogen-bond donors (Lipinski definition) is 8. The summed E-state index contributed by atoms with van der Waals surface area (Å²) in [7, 11) is 0. The largest absolute Gasteiger partial charge is 0.493 e. The first-order valence-electron chi connectivity index (χ1n) is 51.5. The van der Waals surface area contributed by atoms with Gasteiger partial charge >= 0.3 is 0 Å². The van der Waals surface area contributed by atoms with Crippen molar-refractivity contribution in [3.05, 3.63) is 177 Å². The molecule has 16 N–H and O–H groups in total. The summed E-state index contributed by atoms with van der Waals surface area (Å²) in [5.41, 5.74) is 54.1. The zero-order valence-electron chi connectivity index (χ0n) is 84.7. The SMILES string of the molecule is CCCCN(CCCC)c1ccc(CN(CC2CCC(CN=C(N)N)CC2)C(=O)c2ccco2)cc1.CCOc1cc(OCC)c(OCC)cc1CN(CC1CCC(CN=C(N)N)CC1)C(=O)c1ccco1.Cc1cc2c(cc1CN(CC1CCC(CN=C(N)N)CC1)C(=O)C1CCCC1)C(C)(C)CCC2(C)C.NC(N)=NCC1CCC(CN(Cc2cc3c(cc2Cl)OCO3)C(=O)c2ccco2)CC1. The molecule has 0 spiro atoms. The maximum Gasteiger partial charge on any atom is 0.289 e. The number of furan rings is 3. The highest BCUT2D eigenvalue weighted by Crippen LogP contribution is 2.48. The van der Waals surface area contributed by atoms with Crippen molar-refractivity contribution in [1.29, 1.82) is 0 Å². The molecule has 6 aliphatic carbocycles. The van der Waals surface area contributed by atoms with E-state index in [2.05, 4.69) is 115 Å². The van der Waals surface area contributed by atoms with Gasteiger partial charge in [0.2, 0.25) is 12.7 Å². The Kier molecular flexibility index (Phi) is 42.0. The average Bonchev–Trinajstić information content (AvgIpc) is 0.903. The van der Waals surface area contributed by atoms with E-state index in [0.717, 1.165) is 172 Å². The molecule has 4 amide bonds. The maximum absolute atomic E-state index is 13.8. The van der Waals surface area contributed by atoms with Gasteiger partial charge in [-0.3, -0.25) is 39.1 Å². The van der Waals surface area contributed by atoms with Crippen molar-refractivity contribution in [3.8, 4) is 28.7 Å². The smallest absolute Gasteiger partial charge is 0.289 e. The lowest BCUT2D eigenvalue weighted by atomic mass is 9.62. The minimum absolute atomic E-state index is 0.0424. The molecule has 7 aromatic rings.